The van der Waals surface area contributed by atoms with Gasteiger partial charge in [-0.2, -0.15) is 0 Å². The molecule has 234 valence electrons. The molecule has 0 aliphatic heterocycles. The molecule has 1 aliphatic rings. The van der Waals surface area contributed by atoms with Crippen molar-refractivity contribution in [3.8, 4) is 5.75 Å². The number of aryl methyl sites for hydroxylation is 1. The van der Waals surface area contributed by atoms with Gasteiger partial charge in [0.25, 0.3) is 5.69 Å². The minimum absolute atomic E-state index is 0.00153. The SMILES string of the molecule is COc1ccc([N+](=O)[O-])cc1N(CC(=O)N(Cc1cccc(C)c1)[C@H](Cc1ccccc1)C(=O)NC1CCCC1)S(C)(=O)=O. The van der Waals surface area contributed by atoms with E-state index in [1.54, 1.807) is 0 Å². The summed E-state index contributed by atoms with van der Waals surface area (Å²) in [7, 11) is -2.84. The third kappa shape index (κ3) is 8.34. The summed E-state index contributed by atoms with van der Waals surface area (Å²) in [5.74, 6) is -0.924. The summed E-state index contributed by atoms with van der Waals surface area (Å²) in [6.07, 6.45) is 4.84. The maximum absolute atomic E-state index is 14.3. The number of sulfonamides is 1. The molecule has 44 heavy (non-hydrogen) atoms. The van der Waals surface area contributed by atoms with E-state index in [0.29, 0.717) is 0 Å². The van der Waals surface area contributed by atoms with E-state index in [4.69, 9.17) is 4.74 Å². The lowest BCUT2D eigenvalue weighted by molar-refractivity contribution is -0.384. The Balaban J connectivity index is 1.78. The molecule has 2 amide bonds. The lowest BCUT2D eigenvalue weighted by atomic mass is 10.0. The molecule has 0 bridgehead atoms. The molecular formula is C32H38N4O7S. The number of nitrogens with one attached hydrogen (secondary N) is 1. The number of nitro groups is 1. The second-order valence-electron chi connectivity index (χ2n) is 11.1. The highest BCUT2D eigenvalue weighted by Gasteiger charge is 2.35. The highest BCUT2D eigenvalue weighted by Crippen LogP contribution is 2.34. The van der Waals surface area contributed by atoms with Gasteiger partial charge in [-0.3, -0.25) is 24.0 Å². The molecule has 1 atom stereocenters. The second kappa shape index (κ2) is 14.3. The number of anilines is 1. The Morgan fingerprint density at radius 1 is 1.02 bits per heavy atom. The maximum atomic E-state index is 14.3. The number of benzene rings is 3. The lowest BCUT2D eigenvalue weighted by Gasteiger charge is -2.34. The van der Waals surface area contributed by atoms with Crippen LogP contribution in [0.4, 0.5) is 11.4 Å². The number of hydrogen-bond donors (Lipinski definition) is 1. The van der Waals surface area contributed by atoms with Crippen molar-refractivity contribution in [3.63, 3.8) is 0 Å². The summed E-state index contributed by atoms with van der Waals surface area (Å²) >= 11 is 0. The first-order valence-electron chi connectivity index (χ1n) is 14.5. The number of rotatable bonds is 13. The number of nitrogens with zero attached hydrogens (tertiary/aromatic N) is 3. The molecule has 1 fully saturated rings. The first-order valence-corrected chi connectivity index (χ1v) is 16.3. The number of methoxy groups -OCH3 is 1. The monoisotopic (exact) mass is 622 g/mol. The van der Waals surface area contributed by atoms with Gasteiger partial charge in [-0.05, 0) is 37.0 Å². The van der Waals surface area contributed by atoms with Crippen LogP contribution in [0, 0.1) is 17.0 Å². The zero-order valence-electron chi connectivity index (χ0n) is 25.1. The van der Waals surface area contributed by atoms with Gasteiger partial charge in [0.2, 0.25) is 21.8 Å². The van der Waals surface area contributed by atoms with Crippen molar-refractivity contribution in [2.24, 2.45) is 0 Å². The molecule has 0 unspecified atom stereocenters. The summed E-state index contributed by atoms with van der Waals surface area (Å²) in [5.41, 5.74) is 2.05. The fourth-order valence-corrected chi connectivity index (χ4v) is 6.36. The molecular weight excluding hydrogens is 584 g/mol. The molecule has 1 N–H and O–H groups in total. The van der Waals surface area contributed by atoms with Crippen LogP contribution < -0.4 is 14.4 Å². The predicted octanol–water partition coefficient (Wildman–Crippen LogP) is 4.38. The van der Waals surface area contributed by atoms with Crippen molar-refractivity contribution < 1.29 is 27.7 Å². The smallest absolute Gasteiger partial charge is 0.271 e. The molecule has 0 spiro atoms. The first kappa shape index (κ1) is 32.5. The van der Waals surface area contributed by atoms with Crippen molar-refractivity contribution >= 4 is 33.2 Å². The average Bonchev–Trinajstić information content (AvgIpc) is 3.50. The molecule has 1 saturated carbocycles. The average molecular weight is 623 g/mol. The second-order valence-corrected chi connectivity index (χ2v) is 13.0. The van der Waals surface area contributed by atoms with Crippen LogP contribution in [-0.2, 0) is 32.6 Å². The zero-order valence-corrected chi connectivity index (χ0v) is 26.0. The van der Waals surface area contributed by atoms with Gasteiger partial charge in [0, 0.05) is 31.1 Å². The van der Waals surface area contributed by atoms with E-state index in [0.717, 1.165) is 59.0 Å². The Kier molecular flexibility index (Phi) is 10.6. The third-order valence-electron chi connectivity index (χ3n) is 7.73. The number of nitro benzene ring substituents is 1. The van der Waals surface area contributed by atoms with Crippen LogP contribution in [0.5, 0.6) is 5.75 Å². The molecule has 3 aromatic rings. The topological polar surface area (TPSA) is 139 Å². The van der Waals surface area contributed by atoms with Crippen molar-refractivity contribution in [1.82, 2.24) is 10.2 Å². The van der Waals surface area contributed by atoms with Crippen LogP contribution in [0.15, 0.2) is 72.8 Å². The Morgan fingerprint density at radius 2 is 1.70 bits per heavy atom. The summed E-state index contributed by atoms with van der Waals surface area (Å²) in [5, 5.41) is 14.7. The van der Waals surface area contributed by atoms with Gasteiger partial charge in [-0.15, -0.1) is 0 Å². The number of ether oxygens (including phenoxy) is 1. The molecule has 0 heterocycles. The van der Waals surface area contributed by atoms with E-state index in [-0.39, 0.29) is 42.0 Å². The van der Waals surface area contributed by atoms with Crippen LogP contribution >= 0.6 is 0 Å². The Bertz CT molecular complexity index is 1590. The largest absolute Gasteiger partial charge is 0.495 e. The number of carbonyl (C=O) groups excluding carboxylic acids is 2. The molecule has 0 saturated heterocycles. The highest BCUT2D eigenvalue weighted by atomic mass is 32.2. The van der Waals surface area contributed by atoms with Crippen LogP contribution in [0.25, 0.3) is 0 Å². The quantitative estimate of drug-likeness (QED) is 0.221. The third-order valence-corrected chi connectivity index (χ3v) is 8.86. The van der Waals surface area contributed by atoms with Gasteiger partial charge < -0.3 is 15.0 Å². The molecule has 3 aromatic carbocycles. The number of non-ortho nitro benzene ring substituents is 1. The van der Waals surface area contributed by atoms with Crippen molar-refractivity contribution in [1.29, 1.82) is 0 Å². The van der Waals surface area contributed by atoms with Crippen molar-refractivity contribution in [2.75, 3.05) is 24.2 Å². The fourth-order valence-electron chi connectivity index (χ4n) is 5.51. The van der Waals surface area contributed by atoms with E-state index in [1.807, 2.05) is 61.5 Å². The van der Waals surface area contributed by atoms with Gasteiger partial charge in [0.1, 0.15) is 24.0 Å². The summed E-state index contributed by atoms with van der Waals surface area (Å²) in [6, 6.07) is 19.4. The molecule has 4 rings (SSSR count). The summed E-state index contributed by atoms with van der Waals surface area (Å²) < 4.78 is 32.4. The van der Waals surface area contributed by atoms with E-state index >= 15 is 0 Å². The molecule has 0 radical (unpaired) electrons. The van der Waals surface area contributed by atoms with Crippen LogP contribution in [0.2, 0.25) is 0 Å². The van der Waals surface area contributed by atoms with Gasteiger partial charge in [-0.1, -0.05) is 73.0 Å². The molecule has 0 aromatic heterocycles. The standard InChI is InChI=1S/C32H38N4O7S/c1-23-10-9-13-25(18-23)21-34(29(19-24-11-5-4-6-12-24)32(38)33-26-14-7-8-15-26)31(37)22-35(44(3,41)42)28-20-27(36(39)40)16-17-30(28)43-2/h4-6,9-13,16-18,20,26,29H,7-8,14-15,19,21-22H2,1-3H3,(H,33,38)/t29-/m1/s1. The number of hydrogen-bond acceptors (Lipinski definition) is 7. The van der Waals surface area contributed by atoms with Crippen LogP contribution in [-0.4, -0.2) is 62.0 Å². The molecule has 1 aliphatic carbocycles. The number of carbonyl (C=O) groups is 2. The van der Waals surface area contributed by atoms with Gasteiger partial charge >= 0.3 is 0 Å². The predicted molar refractivity (Wildman–Crippen MR) is 168 cm³/mol. The molecule has 11 nitrogen and oxygen atoms in total. The number of amides is 2. The summed E-state index contributed by atoms with van der Waals surface area (Å²) in [6.45, 7) is 1.26. The normalized spacial score (nSPS) is 14.1. The zero-order chi connectivity index (χ0) is 31.9. The van der Waals surface area contributed by atoms with Crippen molar-refractivity contribution in [2.45, 2.75) is 57.7 Å². The first-order chi connectivity index (χ1) is 21.0. The molecule has 12 heteroatoms. The van der Waals surface area contributed by atoms with E-state index in [2.05, 4.69) is 5.32 Å². The van der Waals surface area contributed by atoms with Gasteiger partial charge in [-0.25, -0.2) is 8.42 Å². The maximum Gasteiger partial charge on any atom is 0.271 e. The van der Waals surface area contributed by atoms with E-state index in [1.165, 1.54) is 24.1 Å². The van der Waals surface area contributed by atoms with E-state index < -0.39 is 33.4 Å². The van der Waals surface area contributed by atoms with Crippen molar-refractivity contribution in [3.05, 3.63) is 99.6 Å². The highest BCUT2D eigenvalue weighted by molar-refractivity contribution is 7.92. The van der Waals surface area contributed by atoms with Gasteiger partial charge in [0.05, 0.1) is 18.3 Å². The Labute approximate surface area is 258 Å². The van der Waals surface area contributed by atoms with Crippen LogP contribution in [0.1, 0.15) is 42.4 Å². The van der Waals surface area contributed by atoms with Gasteiger partial charge in [0.15, 0.2) is 0 Å². The fraction of sp³-hybridized carbons (Fsp3) is 0.375. The summed E-state index contributed by atoms with van der Waals surface area (Å²) in [4.78, 5) is 40.6. The van der Waals surface area contributed by atoms with Crippen LogP contribution in [0.3, 0.4) is 0 Å². The Morgan fingerprint density at radius 3 is 2.32 bits per heavy atom. The lowest BCUT2D eigenvalue weighted by Crippen LogP contribution is -2.54. The Hall–Kier alpha value is -4.45. The minimum atomic E-state index is -4.14. The minimum Gasteiger partial charge on any atom is -0.495 e. The van der Waals surface area contributed by atoms with E-state index in [9.17, 15) is 28.1 Å².